The Morgan fingerprint density at radius 1 is 1.11 bits per heavy atom. The van der Waals surface area contributed by atoms with Crippen molar-refractivity contribution in [1.82, 2.24) is 9.80 Å². The zero-order valence-electron chi connectivity index (χ0n) is 15.1. The molecule has 1 aliphatic rings. The van der Waals surface area contributed by atoms with Gasteiger partial charge in [-0.25, -0.2) is 4.39 Å². The maximum Gasteiger partial charge on any atom is 0.289 e. The molecule has 3 rings (SSSR count). The lowest BCUT2D eigenvalue weighted by molar-refractivity contribution is -0.128. The van der Waals surface area contributed by atoms with Crippen molar-refractivity contribution in [2.24, 2.45) is 0 Å². The van der Waals surface area contributed by atoms with Crippen LogP contribution in [0.3, 0.4) is 0 Å². The summed E-state index contributed by atoms with van der Waals surface area (Å²) in [5.41, 5.74) is 1.94. The van der Waals surface area contributed by atoms with Crippen molar-refractivity contribution >= 4 is 11.8 Å². The second-order valence-electron chi connectivity index (χ2n) is 6.58. The van der Waals surface area contributed by atoms with Crippen molar-refractivity contribution in [3.05, 3.63) is 82.9 Å². The Morgan fingerprint density at radius 3 is 2.44 bits per heavy atom. The molecule has 0 fully saturated rings. The van der Waals surface area contributed by atoms with E-state index in [1.165, 1.54) is 21.9 Å². The molecule has 5 nitrogen and oxygen atoms in total. The van der Waals surface area contributed by atoms with E-state index in [-0.39, 0.29) is 24.5 Å². The lowest BCUT2D eigenvalue weighted by Crippen LogP contribution is -2.32. The van der Waals surface area contributed by atoms with Gasteiger partial charge in [-0.2, -0.15) is 0 Å². The van der Waals surface area contributed by atoms with Crippen LogP contribution in [0.5, 0.6) is 0 Å². The van der Waals surface area contributed by atoms with E-state index in [1.807, 2.05) is 30.3 Å². The summed E-state index contributed by atoms with van der Waals surface area (Å²) in [6.07, 6.45) is 0.646. The molecule has 1 aliphatic heterocycles. The molecule has 0 atom stereocenters. The average molecular weight is 368 g/mol. The smallest absolute Gasteiger partial charge is 0.289 e. The number of hydrogen-bond donors (Lipinski definition) is 1. The number of carbonyl (C=O) groups excluding carboxylic acids is 2. The van der Waals surface area contributed by atoms with Gasteiger partial charge in [-0.1, -0.05) is 42.5 Å². The highest BCUT2D eigenvalue weighted by atomic mass is 19.1. The first-order valence-electron chi connectivity index (χ1n) is 8.71. The van der Waals surface area contributed by atoms with Gasteiger partial charge < -0.3 is 14.9 Å². The van der Waals surface area contributed by atoms with Gasteiger partial charge in [0.1, 0.15) is 5.82 Å². The summed E-state index contributed by atoms with van der Waals surface area (Å²) in [4.78, 5) is 27.8. The standard InChI is InChI=1S/C21H21FN2O3/c1-23(13-16-7-9-17(22)10-8-16)20(26)18-14-24(21(27)19(18)25)12-11-15-5-3-2-4-6-15/h2-10,25H,11-14H2,1H3. The fraction of sp³-hybridized carbons (Fsp3) is 0.238. The van der Waals surface area contributed by atoms with Crippen molar-refractivity contribution in [2.45, 2.75) is 13.0 Å². The van der Waals surface area contributed by atoms with E-state index in [0.717, 1.165) is 11.1 Å². The van der Waals surface area contributed by atoms with Crippen molar-refractivity contribution in [3.8, 4) is 0 Å². The number of hydrogen-bond acceptors (Lipinski definition) is 3. The van der Waals surface area contributed by atoms with Gasteiger partial charge in [-0.05, 0) is 29.7 Å². The summed E-state index contributed by atoms with van der Waals surface area (Å²) in [5.74, 6) is -1.76. The summed E-state index contributed by atoms with van der Waals surface area (Å²) in [7, 11) is 1.59. The van der Waals surface area contributed by atoms with Crippen LogP contribution in [0, 0.1) is 5.82 Å². The van der Waals surface area contributed by atoms with Crippen molar-refractivity contribution in [2.75, 3.05) is 20.1 Å². The van der Waals surface area contributed by atoms with Crippen LogP contribution in [0.25, 0.3) is 0 Å². The quantitative estimate of drug-likeness (QED) is 0.853. The Kier molecular flexibility index (Phi) is 5.54. The number of likely N-dealkylation sites (N-methyl/N-ethyl adjacent to an activating group) is 1. The monoisotopic (exact) mass is 368 g/mol. The molecule has 1 N–H and O–H groups in total. The molecule has 0 saturated heterocycles. The Labute approximate surface area is 157 Å². The number of halogens is 1. The molecule has 2 amide bonds. The van der Waals surface area contributed by atoms with Gasteiger partial charge in [0.05, 0.1) is 12.1 Å². The van der Waals surface area contributed by atoms with Crippen LogP contribution >= 0.6 is 0 Å². The Bertz CT molecular complexity index is 863. The first-order valence-corrected chi connectivity index (χ1v) is 8.71. The van der Waals surface area contributed by atoms with Gasteiger partial charge >= 0.3 is 0 Å². The molecular weight excluding hydrogens is 347 g/mol. The highest BCUT2D eigenvalue weighted by Gasteiger charge is 2.34. The molecule has 0 aliphatic carbocycles. The summed E-state index contributed by atoms with van der Waals surface area (Å²) in [5, 5.41) is 10.1. The van der Waals surface area contributed by atoms with Crippen LogP contribution in [0.15, 0.2) is 65.9 Å². The van der Waals surface area contributed by atoms with Gasteiger partial charge in [0, 0.05) is 20.1 Å². The zero-order chi connectivity index (χ0) is 19.4. The summed E-state index contributed by atoms with van der Waals surface area (Å²) < 4.78 is 13.0. The number of carbonyl (C=O) groups is 2. The van der Waals surface area contributed by atoms with E-state index in [4.69, 9.17) is 0 Å². The number of amides is 2. The molecule has 27 heavy (non-hydrogen) atoms. The van der Waals surface area contributed by atoms with E-state index < -0.39 is 17.6 Å². The van der Waals surface area contributed by atoms with Crippen molar-refractivity contribution < 1.29 is 19.1 Å². The Morgan fingerprint density at radius 2 is 1.78 bits per heavy atom. The maximum atomic E-state index is 13.0. The normalized spacial score (nSPS) is 14.0. The fourth-order valence-electron chi connectivity index (χ4n) is 3.04. The number of benzene rings is 2. The van der Waals surface area contributed by atoms with E-state index >= 15 is 0 Å². The lowest BCUT2D eigenvalue weighted by Gasteiger charge is -2.19. The molecule has 1 heterocycles. The minimum Gasteiger partial charge on any atom is -0.503 e. The maximum absolute atomic E-state index is 13.0. The number of rotatable bonds is 6. The van der Waals surface area contributed by atoms with Gasteiger partial charge in [0.25, 0.3) is 11.8 Å². The van der Waals surface area contributed by atoms with Crippen LogP contribution < -0.4 is 0 Å². The van der Waals surface area contributed by atoms with Crippen LogP contribution in [0.2, 0.25) is 0 Å². The Balaban J connectivity index is 1.62. The van der Waals surface area contributed by atoms with Gasteiger partial charge in [0.2, 0.25) is 0 Å². The van der Waals surface area contributed by atoms with E-state index in [9.17, 15) is 19.1 Å². The second-order valence-corrected chi connectivity index (χ2v) is 6.58. The SMILES string of the molecule is CN(Cc1ccc(F)cc1)C(=O)C1=C(O)C(=O)N(CCc2ccccc2)C1. The third-order valence-electron chi connectivity index (χ3n) is 4.58. The molecule has 6 heteroatoms. The minimum atomic E-state index is -0.524. The molecule has 0 spiro atoms. The summed E-state index contributed by atoms with van der Waals surface area (Å²) in [6, 6.07) is 15.6. The third kappa shape index (κ3) is 4.34. The van der Waals surface area contributed by atoms with Gasteiger partial charge in [0.15, 0.2) is 5.76 Å². The molecule has 0 bridgehead atoms. The highest BCUT2D eigenvalue weighted by molar-refractivity contribution is 6.06. The van der Waals surface area contributed by atoms with Crippen LogP contribution in [0.4, 0.5) is 4.39 Å². The molecule has 0 unspecified atom stereocenters. The van der Waals surface area contributed by atoms with Crippen LogP contribution in [-0.2, 0) is 22.6 Å². The molecular formula is C21H21FN2O3. The largest absolute Gasteiger partial charge is 0.503 e. The number of aliphatic hydroxyl groups excluding tert-OH is 1. The molecule has 140 valence electrons. The Hall–Kier alpha value is -3.15. The third-order valence-corrected chi connectivity index (χ3v) is 4.58. The first-order chi connectivity index (χ1) is 13.0. The minimum absolute atomic E-state index is 0.0874. The highest BCUT2D eigenvalue weighted by Crippen LogP contribution is 2.20. The molecule has 0 saturated carbocycles. The predicted molar refractivity (Wildman–Crippen MR) is 99.3 cm³/mol. The molecule has 0 radical (unpaired) electrons. The number of nitrogens with zero attached hydrogens (tertiary/aromatic N) is 2. The van der Waals surface area contributed by atoms with E-state index in [1.54, 1.807) is 19.2 Å². The van der Waals surface area contributed by atoms with E-state index in [0.29, 0.717) is 13.0 Å². The predicted octanol–water partition coefficient (Wildman–Crippen LogP) is 2.68. The molecule has 2 aromatic carbocycles. The lowest BCUT2D eigenvalue weighted by atomic mass is 10.1. The van der Waals surface area contributed by atoms with Crippen LogP contribution in [-0.4, -0.2) is 46.9 Å². The van der Waals surface area contributed by atoms with Gasteiger partial charge in [-0.3, -0.25) is 9.59 Å². The second kappa shape index (κ2) is 8.03. The van der Waals surface area contributed by atoms with E-state index in [2.05, 4.69) is 0 Å². The summed E-state index contributed by atoms with van der Waals surface area (Å²) >= 11 is 0. The molecule has 2 aromatic rings. The summed E-state index contributed by atoms with van der Waals surface area (Å²) in [6.45, 7) is 0.767. The zero-order valence-corrected chi connectivity index (χ0v) is 15.1. The van der Waals surface area contributed by atoms with Crippen LogP contribution in [0.1, 0.15) is 11.1 Å². The molecule has 0 aromatic heterocycles. The van der Waals surface area contributed by atoms with Crippen molar-refractivity contribution in [1.29, 1.82) is 0 Å². The van der Waals surface area contributed by atoms with Crippen molar-refractivity contribution in [3.63, 3.8) is 0 Å². The van der Waals surface area contributed by atoms with Gasteiger partial charge in [-0.15, -0.1) is 0 Å². The number of aliphatic hydroxyl groups is 1. The topological polar surface area (TPSA) is 60.9 Å². The first kappa shape index (κ1) is 18.6. The fourth-order valence-corrected chi connectivity index (χ4v) is 3.04. The average Bonchev–Trinajstić information content (AvgIpc) is 2.96.